The third-order valence-corrected chi connectivity index (χ3v) is 3.01. The molecule has 90 valence electrons. The van der Waals surface area contributed by atoms with Crippen molar-refractivity contribution < 1.29 is 0 Å². The van der Waals surface area contributed by atoms with Gasteiger partial charge in [-0.3, -0.25) is 0 Å². The maximum Gasteiger partial charge on any atom is 0.0252 e. The van der Waals surface area contributed by atoms with E-state index in [1.54, 1.807) is 0 Å². The molecule has 0 saturated heterocycles. The number of hydrogen-bond acceptors (Lipinski definition) is 2. The molecule has 0 aliphatic heterocycles. The van der Waals surface area contributed by atoms with Crippen molar-refractivity contribution in [3.05, 3.63) is 35.4 Å². The molecule has 0 fully saturated rings. The lowest BCUT2D eigenvalue weighted by Crippen LogP contribution is -2.45. The summed E-state index contributed by atoms with van der Waals surface area (Å²) in [5.74, 6) is 0. The van der Waals surface area contributed by atoms with E-state index in [1.165, 1.54) is 11.1 Å². The van der Waals surface area contributed by atoms with E-state index in [0.29, 0.717) is 0 Å². The molecule has 0 aromatic heterocycles. The molecule has 0 saturated carbocycles. The Kier molecular flexibility index (Phi) is 4.51. The zero-order valence-electron chi connectivity index (χ0n) is 11.0. The zero-order valence-corrected chi connectivity index (χ0v) is 11.0. The average Bonchev–Trinajstić information content (AvgIpc) is 2.21. The third kappa shape index (κ3) is 4.33. The molecular formula is C14H24N2. The van der Waals surface area contributed by atoms with E-state index in [1.807, 2.05) is 0 Å². The topological polar surface area (TPSA) is 29.3 Å². The van der Waals surface area contributed by atoms with Gasteiger partial charge in [-0.1, -0.05) is 36.8 Å². The zero-order chi connectivity index (χ0) is 12.2. The second-order valence-electron chi connectivity index (χ2n) is 5.17. The molecule has 0 aliphatic carbocycles. The van der Waals surface area contributed by atoms with E-state index >= 15 is 0 Å². The van der Waals surface area contributed by atoms with Gasteiger partial charge in [0.2, 0.25) is 0 Å². The van der Waals surface area contributed by atoms with Gasteiger partial charge in [0.1, 0.15) is 0 Å². The highest BCUT2D eigenvalue weighted by Gasteiger charge is 2.17. The number of likely N-dealkylation sites (N-methyl/N-ethyl adjacent to an activating group) is 1. The van der Waals surface area contributed by atoms with Crippen molar-refractivity contribution in [1.29, 1.82) is 0 Å². The van der Waals surface area contributed by atoms with Crippen LogP contribution in [0.2, 0.25) is 0 Å². The molecule has 1 aromatic rings. The van der Waals surface area contributed by atoms with Crippen LogP contribution in [0.25, 0.3) is 0 Å². The average molecular weight is 220 g/mol. The van der Waals surface area contributed by atoms with Crippen LogP contribution in [0.4, 0.5) is 0 Å². The molecule has 2 heteroatoms. The largest absolute Gasteiger partial charge is 0.324 e. The van der Waals surface area contributed by atoms with Gasteiger partial charge in [0.25, 0.3) is 0 Å². The van der Waals surface area contributed by atoms with Crippen molar-refractivity contribution in [1.82, 2.24) is 4.90 Å². The smallest absolute Gasteiger partial charge is 0.0252 e. The molecule has 0 bridgehead atoms. The summed E-state index contributed by atoms with van der Waals surface area (Å²) in [7, 11) is 2.13. The molecule has 0 heterocycles. The Morgan fingerprint density at radius 2 is 1.81 bits per heavy atom. The lowest BCUT2D eigenvalue weighted by atomic mass is 10.00. The van der Waals surface area contributed by atoms with Gasteiger partial charge in [0, 0.05) is 18.6 Å². The Morgan fingerprint density at radius 3 is 2.31 bits per heavy atom. The Bertz CT molecular complexity index is 314. The molecule has 1 aromatic carbocycles. The van der Waals surface area contributed by atoms with Gasteiger partial charge < -0.3 is 10.6 Å². The maximum atomic E-state index is 6.15. The predicted octanol–water partition coefficient (Wildman–Crippen LogP) is 2.55. The fraction of sp³-hybridized carbons (Fsp3) is 0.571. The number of rotatable bonds is 5. The fourth-order valence-electron chi connectivity index (χ4n) is 1.79. The first-order valence-electron chi connectivity index (χ1n) is 5.96. The minimum atomic E-state index is -0.0839. The van der Waals surface area contributed by atoms with Crippen molar-refractivity contribution in [2.24, 2.45) is 5.73 Å². The summed E-state index contributed by atoms with van der Waals surface area (Å²) in [5.41, 5.74) is 8.73. The van der Waals surface area contributed by atoms with Crippen LogP contribution in [0.15, 0.2) is 24.3 Å². The van der Waals surface area contributed by atoms with Crippen LogP contribution in [0.5, 0.6) is 0 Å². The van der Waals surface area contributed by atoms with Crippen LogP contribution in [-0.2, 0) is 6.54 Å². The van der Waals surface area contributed by atoms with E-state index in [0.717, 1.165) is 19.5 Å². The molecule has 16 heavy (non-hydrogen) atoms. The lowest BCUT2D eigenvalue weighted by molar-refractivity contribution is 0.246. The first-order chi connectivity index (χ1) is 7.43. The van der Waals surface area contributed by atoms with Gasteiger partial charge in [-0.2, -0.15) is 0 Å². The first-order valence-corrected chi connectivity index (χ1v) is 5.96. The molecule has 0 amide bonds. The van der Waals surface area contributed by atoms with Gasteiger partial charge in [-0.15, -0.1) is 0 Å². The Morgan fingerprint density at radius 1 is 1.25 bits per heavy atom. The van der Waals surface area contributed by atoms with Crippen LogP contribution in [0.3, 0.4) is 0 Å². The van der Waals surface area contributed by atoms with E-state index in [9.17, 15) is 0 Å². The molecule has 1 atom stereocenters. The summed E-state index contributed by atoms with van der Waals surface area (Å²) < 4.78 is 0. The standard InChI is InChI=1S/C14H24N2/c1-5-14(3,15)11-16(4)10-13-8-6-12(2)7-9-13/h6-9H,5,10-11,15H2,1-4H3. The van der Waals surface area contributed by atoms with Crippen LogP contribution >= 0.6 is 0 Å². The number of nitrogens with two attached hydrogens (primary N) is 1. The monoisotopic (exact) mass is 220 g/mol. The fourth-order valence-corrected chi connectivity index (χ4v) is 1.79. The number of hydrogen-bond donors (Lipinski definition) is 1. The quantitative estimate of drug-likeness (QED) is 0.826. The highest BCUT2D eigenvalue weighted by atomic mass is 15.1. The first kappa shape index (κ1) is 13.2. The molecule has 1 rings (SSSR count). The van der Waals surface area contributed by atoms with Gasteiger partial charge in [-0.05, 0) is 32.9 Å². The summed E-state index contributed by atoms with van der Waals surface area (Å²) >= 11 is 0. The number of aryl methyl sites for hydroxylation is 1. The van der Waals surface area contributed by atoms with Crippen LogP contribution < -0.4 is 5.73 Å². The molecule has 2 nitrogen and oxygen atoms in total. The summed E-state index contributed by atoms with van der Waals surface area (Å²) in [4.78, 5) is 2.29. The number of benzene rings is 1. The van der Waals surface area contributed by atoms with Crippen LogP contribution in [0.1, 0.15) is 31.4 Å². The minimum Gasteiger partial charge on any atom is -0.324 e. The van der Waals surface area contributed by atoms with Crippen molar-refractivity contribution in [3.63, 3.8) is 0 Å². The second kappa shape index (κ2) is 5.46. The van der Waals surface area contributed by atoms with E-state index in [-0.39, 0.29) is 5.54 Å². The molecule has 0 aliphatic rings. The third-order valence-electron chi connectivity index (χ3n) is 3.01. The van der Waals surface area contributed by atoms with E-state index in [2.05, 4.69) is 57.0 Å². The van der Waals surface area contributed by atoms with Crippen LogP contribution in [-0.4, -0.2) is 24.0 Å². The van der Waals surface area contributed by atoms with Crippen molar-refractivity contribution >= 4 is 0 Å². The normalized spacial score (nSPS) is 15.1. The summed E-state index contributed by atoms with van der Waals surface area (Å²) in [6.07, 6.45) is 1.01. The molecular weight excluding hydrogens is 196 g/mol. The van der Waals surface area contributed by atoms with Crippen LogP contribution in [0, 0.1) is 6.92 Å². The highest BCUT2D eigenvalue weighted by Crippen LogP contribution is 2.10. The molecule has 0 spiro atoms. The van der Waals surface area contributed by atoms with Gasteiger partial charge in [0.15, 0.2) is 0 Å². The number of nitrogens with zero attached hydrogens (tertiary/aromatic N) is 1. The van der Waals surface area contributed by atoms with Crippen molar-refractivity contribution in [3.8, 4) is 0 Å². The summed E-state index contributed by atoms with van der Waals surface area (Å²) in [6.45, 7) is 8.25. The van der Waals surface area contributed by atoms with Gasteiger partial charge >= 0.3 is 0 Å². The Labute approximate surface area is 99.5 Å². The highest BCUT2D eigenvalue weighted by molar-refractivity contribution is 5.21. The Hall–Kier alpha value is -0.860. The van der Waals surface area contributed by atoms with Crippen molar-refractivity contribution in [2.75, 3.05) is 13.6 Å². The van der Waals surface area contributed by atoms with E-state index in [4.69, 9.17) is 5.73 Å². The van der Waals surface area contributed by atoms with Crippen molar-refractivity contribution in [2.45, 2.75) is 39.3 Å². The van der Waals surface area contributed by atoms with Gasteiger partial charge in [-0.25, -0.2) is 0 Å². The van der Waals surface area contributed by atoms with E-state index < -0.39 is 0 Å². The predicted molar refractivity (Wildman–Crippen MR) is 70.4 cm³/mol. The lowest BCUT2D eigenvalue weighted by Gasteiger charge is -2.29. The second-order valence-corrected chi connectivity index (χ2v) is 5.17. The Balaban J connectivity index is 2.51. The SMILES string of the molecule is CCC(C)(N)CN(C)Cc1ccc(C)cc1. The molecule has 0 radical (unpaired) electrons. The summed E-state index contributed by atoms with van der Waals surface area (Å²) in [6, 6.07) is 8.69. The summed E-state index contributed by atoms with van der Waals surface area (Å²) in [5, 5.41) is 0. The van der Waals surface area contributed by atoms with Gasteiger partial charge in [0.05, 0.1) is 0 Å². The minimum absolute atomic E-state index is 0.0839. The maximum absolute atomic E-state index is 6.15. The molecule has 1 unspecified atom stereocenters. The molecule has 2 N–H and O–H groups in total.